The lowest BCUT2D eigenvalue weighted by Crippen LogP contribution is -2.28. The Morgan fingerprint density at radius 1 is 1.60 bits per heavy atom. The number of aromatic carboxylic acids is 1. The van der Waals surface area contributed by atoms with Crippen molar-refractivity contribution >= 4 is 31.9 Å². The van der Waals surface area contributed by atoms with Crippen molar-refractivity contribution in [1.29, 1.82) is 0 Å². The fourth-order valence-electron chi connectivity index (χ4n) is 1.35. The van der Waals surface area contributed by atoms with Gasteiger partial charge in [0, 0.05) is 19.7 Å². The third-order valence-corrected chi connectivity index (χ3v) is 4.60. The lowest BCUT2D eigenvalue weighted by Gasteiger charge is -2.09. The highest BCUT2D eigenvalue weighted by molar-refractivity contribution is 9.10. The fraction of sp³-hybridized carbons (Fsp3) is 0.500. The number of carboxylic acids is 1. The molecule has 114 valence electrons. The lowest BCUT2D eigenvalue weighted by molar-refractivity contribution is 0.0603. The van der Waals surface area contributed by atoms with Crippen LogP contribution in [0.15, 0.2) is 20.0 Å². The molecule has 10 heteroatoms. The number of carboxylic acid groups (broad SMARTS) is 1. The second-order valence-corrected chi connectivity index (χ2v) is 6.30. The maximum Gasteiger partial charge on any atom is 0.371 e. The number of nitrogens with one attached hydrogen (secondary N) is 1. The summed E-state index contributed by atoms with van der Waals surface area (Å²) in [5, 5.41) is 18.1. The molecule has 1 heterocycles. The van der Waals surface area contributed by atoms with E-state index in [9.17, 15) is 18.3 Å². The van der Waals surface area contributed by atoms with Gasteiger partial charge in [-0.2, -0.15) is 0 Å². The van der Waals surface area contributed by atoms with Crippen molar-refractivity contribution in [2.24, 2.45) is 0 Å². The predicted molar refractivity (Wildman–Crippen MR) is 71.1 cm³/mol. The van der Waals surface area contributed by atoms with Crippen LogP contribution in [0.25, 0.3) is 0 Å². The number of aliphatic hydroxyl groups excluding tert-OH is 1. The van der Waals surface area contributed by atoms with Crippen LogP contribution in [0.3, 0.4) is 0 Å². The minimum atomic E-state index is -3.92. The number of aliphatic hydroxyl groups is 1. The van der Waals surface area contributed by atoms with E-state index >= 15 is 0 Å². The molecule has 0 aliphatic carbocycles. The number of halogens is 1. The summed E-state index contributed by atoms with van der Waals surface area (Å²) >= 11 is 2.85. The van der Waals surface area contributed by atoms with Crippen LogP contribution in [-0.2, 0) is 14.8 Å². The molecule has 3 N–H and O–H groups in total. The summed E-state index contributed by atoms with van der Waals surface area (Å²) in [5.74, 6) is -1.86. The Hall–Kier alpha value is -0.940. The number of hydrogen-bond acceptors (Lipinski definition) is 6. The molecule has 1 aromatic rings. The number of furan rings is 1. The molecule has 0 aliphatic heterocycles. The summed E-state index contributed by atoms with van der Waals surface area (Å²) in [5.41, 5.74) is 0. The van der Waals surface area contributed by atoms with E-state index in [1.807, 2.05) is 0 Å². The molecular formula is C10H14BrNO7S. The molecule has 8 nitrogen and oxygen atoms in total. The molecule has 1 unspecified atom stereocenters. The molecule has 0 spiro atoms. The van der Waals surface area contributed by atoms with E-state index in [2.05, 4.69) is 20.7 Å². The van der Waals surface area contributed by atoms with Gasteiger partial charge in [0.15, 0.2) is 4.67 Å². The van der Waals surface area contributed by atoms with Gasteiger partial charge < -0.3 is 19.4 Å². The van der Waals surface area contributed by atoms with Crippen LogP contribution >= 0.6 is 15.9 Å². The molecule has 0 saturated heterocycles. The van der Waals surface area contributed by atoms with Gasteiger partial charge in [0.05, 0.1) is 12.7 Å². The molecule has 1 aromatic heterocycles. The Bertz CT molecular complexity index is 568. The van der Waals surface area contributed by atoms with Crippen molar-refractivity contribution in [1.82, 2.24) is 4.72 Å². The Balaban J connectivity index is 2.72. The summed E-state index contributed by atoms with van der Waals surface area (Å²) in [6.07, 6.45) is -0.626. The van der Waals surface area contributed by atoms with E-state index in [1.54, 1.807) is 0 Å². The Morgan fingerprint density at radius 3 is 2.75 bits per heavy atom. The van der Waals surface area contributed by atoms with Gasteiger partial charge in [0.1, 0.15) is 4.90 Å². The summed E-state index contributed by atoms with van der Waals surface area (Å²) in [7, 11) is -2.50. The van der Waals surface area contributed by atoms with Crippen molar-refractivity contribution in [3.63, 3.8) is 0 Å². The highest BCUT2D eigenvalue weighted by Gasteiger charge is 2.24. The molecule has 1 atom stereocenters. The Labute approximate surface area is 123 Å². The van der Waals surface area contributed by atoms with Gasteiger partial charge in [-0.05, 0) is 22.4 Å². The molecule has 0 bridgehead atoms. The van der Waals surface area contributed by atoms with Crippen molar-refractivity contribution in [2.75, 3.05) is 20.3 Å². The molecule has 0 saturated carbocycles. The van der Waals surface area contributed by atoms with E-state index in [1.165, 1.54) is 7.11 Å². The average Bonchev–Trinajstić information content (AvgIpc) is 2.72. The first-order valence-corrected chi connectivity index (χ1v) is 7.75. The number of methoxy groups -OCH3 is 1. The zero-order valence-corrected chi connectivity index (χ0v) is 12.9. The molecule has 0 aromatic carbocycles. The second kappa shape index (κ2) is 7.18. The lowest BCUT2D eigenvalue weighted by atomic mass is 10.3. The van der Waals surface area contributed by atoms with E-state index in [-0.39, 0.29) is 29.1 Å². The maximum atomic E-state index is 11.9. The number of sulfonamides is 1. The quantitative estimate of drug-likeness (QED) is 0.604. The van der Waals surface area contributed by atoms with Gasteiger partial charge in [0.25, 0.3) is 0 Å². The topological polar surface area (TPSA) is 126 Å². The smallest absolute Gasteiger partial charge is 0.371 e. The zero-order valence-electron chi connectivity index (χ0n) is 10.5. The normalized spacial score (nSPS) is 13.3. The molecule has 20 heavy (non-hydrogen) atoms. The Kier molecular flexibility index (Phi) is 6.14. The number of hydrogen-bond donors (Lipinski definition) is 3. The van der Waals surface area contributed by atoms with Crippen LogP contribution in [0, 0.1) is 0 Å². The predicted octanol–water partition coefficient (Wildman–Crippen LogP) is 0.416. The van der Waals surface area contributed by atoms with E-state index < -0.39 is 27.9 Å². The molecule has 0 radical (unpaired) electrons. The summed E-state index contributed by atoms with van der Waals surface area (Å²) in [4.78, 5) is 10.4. The molecular weight excluding hydrogens is 358 g/mol. The van der Waals surface area contributed by atoms with Crippen LogP contribution in [0.1, 0.15) is 17.0 Å². The number of ether oxygens (including phenoxy) is 1. The van der Waals surface area contributed by atoms with Crippen molar-refractivity contribution in [3.8, 4) is 0 Å². The first kappa shape index (κ1) is 17.1. The first-order chi connectivity index (χ1) is 9.27. The van der Waals surface area contributed by atoms with Crippen molar-refractivity contribution < 1.29 is 32.6 Å². The van der Waals surface area contributed by atoms with Crippen LogP contribution in [-0.4, -0.2) is 51.0 Å². The van der Waals surface area contributed by atoms with Crippen molar-refractivity contribution in [3.05, 3.63) is 16.5 Å². The minimum absolute atomic E-state index is 0.0209. The van der Waals surface area contributed by atoms with E-state index in [0.717, 1.165) is 6.07 Å². The van der Waals surface area contributed by atoms with Crippen LogP contribution < -0.4 is 4.72 Å². The summed E-state index contributed by atoms with van der Waals surface area (Å²) < 4.78 is 35.3. The van der Waals surface area contributed by atoms with Crippen LogP contribution in [0.5, 0.6) is 0 Å². The standard InChI is InChI=1S/C10H14BrNO7S/c1-18-5-6(13)2-3-12-20(16,17)8-4-7(10(14)15)19-9(8)11/h4,6,12-13H,2-3,5H2,1H3,(H,14,15). The maximum absolute atomic E-state index is 11.9. The molecule has 0 fully saturated rings. The van der Waals surface area contributed by atoms with Gasteiger partial charge in [-0.1, -0.05) is 0 Å². The van der Waals surface area contributed by atoms with Gasteiger partial charge in [-0.25, -0.2) is 17.9 Å². The van der Waals surface area contributed by atoms with Gasteiger partial charge in [0.2, 0.25) is 15.8 Å². The monoisotopic (exact) mass is 371 g/mol. The summed E-state index contributed by atoms with van der Waals surface area (Å²) in [6.45, 7) is 0.0766. The number of rotatable bonds is 8. The van der Waals surface area contributed by atoms with Gasteiger partial charge in [-0.3, -0.25) is 0 Å². The third kappa shape index (κ3) is 4.56. The largest absolute Gasteiger partial charge is 0.475 e. The van der Waals surface area contributed by atoms with E-state index in [0.29, 0.717) is 0 Å². The fourth-order valence-corrected chi connectivity index (χ4v) is 3.34. The summed E-state index contributed by atoms with van der Waals surface area (Å²) in [6, 6.07) is 0.903. The second-order valence-electron chi connectivity index (χ2n) is 3.85. The minimum Gasteiger partial charge on any atom is -0.475 e. The average molecular weight is 372 g/mol. The molecule has 0 aliphatic rings. The first-order valence-electron chi connectivity index (χ1n) is 5.47. The van der Waals surface area contributed by atoms with Crippen molar-refractivity contribution in [2.45, 2.75) is 17.4 Å². The Morgan fingerprint density at radius 2 is 2.25 bits per heavy atom. The third-order valence-electron chi connectivity index (χ3n) is 2.28. The van der Waals surface area contributed by atoms with Crippen LogP contribution in [0.4, 0.5) is 0 Å². The number of carbonyl (C=O) groups is 1. The van der Waals surface area contributed by atoms with Crippen LogP contribution in [0.2, 0.25) is 0 Å². The zero-order chi connectivity index (χ0) is 15.3. The molecule has 0 amide bonds. The van der Waals surface area contributed by atoms with Gasteiger partial charge in [-0.15, -0.1) is 0 Å². The van der Waals surface area contributed by atoms with Gasteiger partial charge >= 0.3 is 5.97 Å². The highest BCUT2D eigenvalue weighted by Crippen LogP contribution is 2.25. The SMILES string of the molecule is COCC(O)CCNS(=O)(=O)c1cc(C(=O)O)oc1Br. The van der Waals surface area contributed by atoms with E-state index in [4.69, 9.17) is 14.3 Å². The molecule has 1 rings (SSSR count). The highest BCUT2D eigenvalue weighted by atomic mass is 79.9.